The first kappa shape index (κ1) is 24.0. The van der Waals surface area contributed by atoms with Crippen LogP contribution in [0.4, 0.5) is 0 Å². The number of rotatable bonds is 7. The van der Waals surface area contributed by atoms with E-state index >= 15 is 0 Å². The first-order valence-electron chi connectivity index (χ1n) is 12.1. The molecule has 0 radical (unpaired) electrons. The first-order valence-corrected chi connectivity index (χ1v) is 12.1. The van der Waals surface area contributed by atoms with Crippen molar-refractivity contribution in [3.05, 3.63) is 137 Å². The summed E-state index contributed by atoms with van der Waals surface area (Å²) in [5.41, 5.74) is 3.59. The molecule has 4 aromatic rings. The van der Waals surface area contributed by atoms with Crippen molar-refractivity contribution >= 4 is 17.4 Å². The number of hydrogen-bond acceptors (Lipinski definition) is 4. The van der Waals surface area contributed by atoms with Crippen molar-refractivity contribution in [2.24, 2.45) is 0 Å². The van der Waals surface area contributed by atoms with E-state index in [1.807, 2.05) is 72.8 Å². The Hall–Kier alpha value is -4.71. The third kappa shape index (κ3) is 5.00. The highest BCUT2D eigenvalue weighted by Gasteiger charge is 2.44. The summed E-state index contributed by atoms with van der Waals surface area (Å²) in [5.74, 6) is -1.26. The number of amides is 1. The molecule has 1 N–H and O–H groups in total. The van der Waals surface area contributed by atoms with Gasteiger partial charge in [0.15, 0.2) is 12.4 Å². The number of aromatic amines is 1. The van der Waals surface area contributed by atoms with Crippen molar-refractivity contribution in [2.45, 2.75) is 26.1 Å². The number of pyridine rings is 1. The van der Waals surface area contributed by atoms with Gasteiger partial charge in [-0.1, -0.05) is 72.5 Å². The number of carbonyl (C=O) groups is 2. The minimum atomic E-state index is -0.776. The molecule has 6 nitrogen and oxygen atoms in total. The molecular formula is C31H26N2O4. The molecule has 0 aliphatic carbocycles. The molecule has 1 unspecified atom stereocenters. The fourth-order valence-electron chi connectivity index (χ4n) is 4.61. The van der Waals surface area contributed by atoms with E-state index in [1.54, 1.807) is 37.5 Å². The summed E-state index contributed by atoms with van der Waals surface area (Å²) in [6.45, 7) is 2.41. The molecule has 1 aliphatic rings. The van der Waals surface area contributed by atoms with Crippen LogP contribution in [0.2, 0.25) is 0 Å². The number of ketones is 1. The molecule has 37 heavy (non-hydrogen) atoms. The Morgan fingerprint density at radius 3 is 2.30 bits per heavy atom. The van der Waals surface area contributed by atoms with Crippen molar-refractivity contribution < 1.29 is 24.4 Å². The Morgan fingerprint density at radius 1 is 0.919 bits per heavy atom. The van der Waals surface area contributed by atoms with Crippen LogP contribution >= 0.6 is 0 Å². The van der Waals surface area contributed by atoms with Gasteiger partial charge in [-0.15, -0.1) is 0 Å². The minimum absolute atomic E-state index is 0.0304. The number of hydrogen-bond donors (Lipinski definition) is 0. The Labute approximate surface area is 215 Å². The number of aromatic nitrogens is 1. The molecule has 5 rings (SSSR count). The molecule has 184 valence electrons. The van der Waals surface area contributed by atoms with Gasteiger partial charge in [0.05, 0.1) is 12.6 Å². The summed E-state index contributed by atoms with van der Waals surface area (Å²) in [7, 11) is 0. The number of Topliss-reactive ketones (excluding diaryl/α,β-unsaturated/α-hetero) is 1. The lowest BCUT2D eigenvalue weighted by Gasteiger charge is -2.27. The van der Waals surface area contributed by atoms with Gasteiger partial charge in [0.2, 0.25) is 5.78 Å². The van der Waals surface area contributed by atoms with Crippen LogP contribution < -0.4 is 14.8 Å². The van der Waals surface area contributed by atoms with E-state index in [1.165, 1.54) is 4.90 Å². The Bertz CT molecular complexity index is 1450. The van der Waals surface area contributed by atoms with E-state index in [0.717, 1.165) is 11.1 Å². The lowest BCUT2D eigenvalue weighted by molar-refractivity contribution is -0.378. The predicted octanol–water partition coefficient (Wildman–Crippen LogP) is 3.81. The van der Waals surface area contributed by atoms with E-state index in [-0.39, 0.29) is 12.1 Å². The summed E-state index contributed by atoms with van der Waals surface area (Å²) < 4.78 is 5.89. The normalized spacial score (nSPS) is 16.7. The third-order valence-corrected chi connectivity index (χ3v) is 6.46. The maximum Gasteiger partial charge on any atom is 0.295 e. The van der Waals surface area contributed by atoms with Crippen LogP contribution in [-0.4, -0.2) is 16.6 Å². The molecule has 6 heteroatoms. The molecule has 1 fully saturated rings. The van der Waals surface area contributed by atoms with Crippen LogP contribution in [0.1, 0.15) is 33.9 Å². The number of nitrogens with zero attached hydrogens (tertiary/aromatic N) is 1. The number of nitrogens with one attached hydrogen (secondary N) is 1. The zero-order valence-corrected chi connectivity index (χ0v) is 20.4. The Kier molecular flexibility index (Phi) is 6.81. The zero-order chi connectivity index (χ0) is 25.8. The summed E-state index contributed by atoms with van der Waals surface area (Å²) >= 11 is 0. The van der Waals surface area contributed by atoms with Gasteiger partial charge in [-0.05, 0) is 47.4 Å². The van der Waals surface area contributed by atoms with Crippen LogP contribution in [0.25, 0.3) is 5.76 Å². The van der Waals surface area contributed by atoms with Gasteiger partial charge in [0.25, 0.3) is 5.91 Å². The standard InChI is InChI=1S/C31H26N2O4/c1-21-17-25(37-20-22-9-4-2-5-10-22)14-15-26(21)29(34)27-28(24-12-6-3-7-13-24)33(31(36)30(27)35)19-23-11-8-16-32-18-23/h2-18,28,34H,19-20H2,1H3/b29-27+. The van der Waals surface area contributed by atoms with Crippen LogP contribution in [0.3, 0.4) is 0 Å². The van der Waals surface area contributed by atoms with Crippen LogP contribution in [0.5, 0.6) is 5.75 Å². The number of ether oxygens (including phenoxy) is 1. The lowest BCUT2D eigenvalue weighted by Crippen LogP contribution is -2.29. The van der Waals surface area contributed by atoms with Gasteiger partial charge in [-0.3, -0.25) is 9.59 Å². The second-order valence-electron chi connectivity index (χ2n) is 8.98. The molecule has 2 heterocycles. The van der Waals surface area contributed by atoms with Gasteiger partial charge >= 0.3 is 0 Å². The number of benzene rings is 3. The highest BCUT2D eigenvalue weighted by Crippen LogP contribution is 2.40. The average Bonchev–Trinajstić information content (AvgIpc) is 3.18. The molecular weight excluding hydrogens is 464 g/mol. The van der Waals surface area contributed by atoms with Crippen molar-refractivity contribution in [1.82, 2.24) is 4.90 Å². The highest BCUT2D eigenvalue weighted by molar-refractivity contribution is 6.46. The van der Waals surface area contributed by atoms with Crippen molar-refractivity contribution in [1.29, 1.82) is 0 Å². The van der Waals surface area contributed by atoms with E-state index in [9.17, 15) is 14.7 Å². The second kappa shape index (κ2) is 10.5. The largest absolute Gasteiger partial charge is 0.872 e. The van der Waals surface area contributed by atoms with E-state index in [0.29, 0.717) is 29.0 Å². The number of H-pyrrole nitrogens is 1. The molecule has 1 atom stereocenters. The number of aryl methyl sites for hydroxylation is 1. The average molecular weight is 491 g/mol. The topological polar surface area (TPSA) is 83.8 Å². The van der Waals surface area contributed by atoms with Crippen LogP contribution in [0.15, 0.2) is 109 Å². The number of carbonyl (C=O) groups excluding carboxylic acids is 2. The molecule has 1 aliphatic heterocycles. The molecule has 0 spiro atoms. The highest BCUT2D eigenvalue weighted by atomic mass is 16.5. The maximum absolute atomic E-state index is 13.8. The SMILES string of the molecule is Cc1cc(OCc2ccccc2)ccc1/C([O-])=C1\C(=O)C(=O)N(Cc2ccc[nH+]c2)C1c1ccccc1. The molecule has 1 aromatic heterocycles. The predicted molar refractivity (Wildman–Crippen MR) is 137 cm³/mol. The van der Waals surface area contributed by atoms with Crippen molar-refractivity contribution in [3.8, 4) is 5.75 Å². The Balaban J connectivity index is 1.51. The van der Waals surface area contributed by atoms with Gasteiger partial charge in [0.1, 0.15) is 12.4 Å². The molecule has 1 amide bonds. The number of likely N-dealkylation sites (tertiary alicyclic amines) is 1. The maximum atomic E-state index is 13.8. The first-order chi connectivity index (χ1) is 18.0. The molecule has 0 saturated carbocycles. The van der Waals surface area contributed by atoms with E-state index in [2.05, 4.69) is 4.98 Å². The molecule has 3 aromatic carbocycles. The van der Waals surface area contributed by atoms with Gasteiger partial charge < -0.3 is 14.7 Å². The fourth-order valence-corrected chi connectivity index (χ4v) is 4.61. The van der Waals surface area contributed by atoms with Crippen molar-refractivity contribution in [2.75, 3.05) is 0 Å². The van der Waals surface area contributed by atoms with Crippen LogP contribution in [0, 0.1) is 6.92 Å². The molecule has 1 saturated heterocycles. The summed E-state index contributed by atoms with van der Waals surface area (Å²) in [4.78, 5) is 30.9. The molecule has 0 bridgehead atoms. The fraction of sp³-hybridized carbons (Fsp3) is 0.129. The zero-order valence-electron chi connectivity index (χ0n) is 20.4. The summed E-state index contributed by atoms with van der Waals surface area (Å²) in [6, 6.07) is 27.1. The Morgan fingerprint density at radius 2 is 1.62 bits per heavy atom. The van der Waals surface area contributed by atoms with E-state index in [4.69, 9.17) is 4.74 Å². The monoisotopic (exact) mass is 490 g/mol. The third-order valence-electron chi connectivity index (χ3n) is 6.46. The second-order valence-corrected chi connectivity index (χ2v) is 8.98. The lowest BCUT2D eigenvalue weighted by atomic mass is 9.94. The van der Waals surface area contributed by atoms with Crippen molar-refractivity contribution in [3.63, 3.8) is 0 Å². The van der Waals surface area contributed by atoms with Crippen LogP contribution in [-0.2, 0) is 22.7 Å². The van der Waals surface area contributed by atoms with Gasteiger partial charge in [0, 0.05) is 17.2 Å². The van der Waals surface area contributed by atoms with E-state index < -0.39 is 23.5 Å². The smallest absolute Gasteiger partial charge is 0.295 e. The van der Waals surface area contributed by atoms with Gasteiger partial charge in [-0.25, -0.2) is 4.98 Å². The summed E-state index contributed by atoms with van der Waals surface area (Å²) in [5, 5.41) is 13.8. The quantitative estimate of drug-likeness (QED) is 0.224. The van der Waals surface area contributed by atoms with Gasteiger partial charge in [-0.2, -0.15) is 0 Å². The summed E-state index contributed by atoms with van der Waals surface area (Å²) in [6.07, 6.45) is 3.55. The minimum Gasteiger partial charge on any atom is -0.872 e.